The number of terminal acetylenes is 1. The second-order valence-electron chi connectivity index (χ2n) is 3.24. The summed E-state index contributed by atoms with van der Waals surface area (Å²) in [5, 5.41) is 5.50. The third-order valence-corrected chi connectivity index (χ3v) is 2.25. The molecule has 4 heteroatoms. The van der Waals surface area contributed by atoms with Crippen molar-refractivity contribution in [3.63, 3.8) is 0 Å². The van der Waals surface area contributed by atoms with Gasteiger partial charge >= 0.3 is 0 Å². The second-order valence-corrected chi connectivity index (χ2v) is 3.24. The first kappa shape index (κ1) is 9.69. The molecule has 0 aliphatic carbocycles. The number of carbonyl (C=O) groups is 1. The fraction of sp³-hybridized carbons (Fsp3) is 0.182. The van der Waals surface area contributed by atoms with E-state index in [-0.39, 0.29) is 18.3 Å². The van der Waals surface area contributed by atoms with Crippen LogP contribution in [0, 0.1) is 18.2 Å². The summed E-state index contributed by atoms with van der Waals surface area (Å²) in [6.45, 7) is 0.272. The highest BCUT2D eigenvalue weighted by molar-refractivity contribution is 6.02. The van der Waals surface area contributed by atoms with E-state index < -0.39 is 6.04 Å². The Morgan fingerprint density at radius 3 is 3.13 bits per heavy atom. The van der Waals surface area contributed by atoms with Crippen LogP contribution in [0.4, 0.5) is 10.1 Å². The molecule has 0 saturated heterocycles. The Morgan fingerprint density at radius 2 is 2.40 bits per heavy atom. The summed E-state index contributed by atoms with van der Waals surface area (Å²) < 4.78 is 13.0. The largest absolute Gasteiger partial charge is 0.324 e. The summed E-state index contributed by atoms with van der Waals surface area (Å²) >= 11 is 0. The molecule has 0 radical (unpaired) electrons. The molecule has 0 aromatic heterocycles. The number of hydrogen-bond donors (Lipinski definition) is 2. The lowest BCUT2D eigenvalue weighted by Gasteiger charge is -2.08. The van der Waals surface area contributed by atoms with Crippen LogP contribution in [-0.4, -0.2) is 12.5 Å². The standard InChI is InChI=1S/C11H9FN2O/c1-2-5-13-10-8-6-7(12)3-4-9(8)14-11(10)15/h1,3-4,6,10,13H,5H2,(H,14,15). The SMILES string of the molecule is C#CCNC1C(=O)Nc2ccc(F)cc21. The van der Waals surface area contributed by atoms with Gasteiger partial charge in [0.15, 0.2) is 0 Å². The Balaban J connectivity index is 2.32. The zero-order chi connectivity index (χ0) is 10.8. The van der Waals surface area contributed by atoms with E-state index in [1.165, 1.54) is 12.1 Å². The van der Waals surface area contributed by atoms with Gasteiger partial charge in [0.1, 0.15) is 11.9 Å². The fourth-order valence-electron chi connectivity index (χ4n) is 1.60. The van der Waals surface area contributed by atoms with Crippen molar-refractivity contribution in [3.05, 3.63) is 29.6 Å². The van der Waals surface area contributed by atoms with E-state index >= 15 is 0 Å². The van der Waals surface area contributed by atoms with Gasteiger partial charge in [0.25, 0.3) is 0 Å². The molecule has 1 amide bonds. The lowest BCUT2D eigenvalue weighted by atomic mass is 10.1. The third kappa shape index (κ3) is 1.69. The van der Waals surface area contributed by atoms with E-state index in [2.05, 4.69) is 16.6 Å². The van der Waals surface area contributed by atoms with Crippen LogP contribution >= 0.6 is 0 Å². The Bertz CT molecular complexity index is 450. The van der Waals surface area contributed by atoms with Gasteiger partial charge in [0.2, 0.25) is 5.91 Å². The predicted molar refractivity (Wildman–Crippen MR) is 54.6 cm³/mol. The number of rotatable bonds is 2. The first-order chi connectivity index (χ1) is 7.22. The van der Waals surface area contributed by atoms with Crippen molar-refractivity contribution in [2.45, 2.75) is 6.04 Å². The normalized spacial score (nSPS) is 18.1. The van der Waals surface area contributed by atoms with Gasteiger partial charge in [-0.25, -0.2) is 4.39 Å². The summed E-state index contributed by atoms with van der Waals surface area (Å²) in [4.78, 5) is 11.5. The minimum absolute atomic E-state index is 0.203. The Morgan fingerprint density at radius 1 is 1.60 bits per heavy atom. The summed E-state index contributed by atoms with van der Waals surface area (Å²) in [5.41, 5.74) is 1.24. The molecular formula is C11H9FN2O. The number of amides is 1. The van der Waals surface area contributed by atoms with E-state index in [1.807, 2.05) is 0 Å². The number of carbonyl (C=O) groups excluding carboxylic acids is 1. The van der Waals surface area contributed by atoms with Crippen molar-refractivity contribution in [1.29, 1.82) is 0 Å². The second kappa shape index (κ2) is 3.71. The van der Waals surface area contributed by atoms with Crippen molar-refractivity contribution >= 4 is 11.6 Å². The lowest BCUT2D eigenvalue weighted by Crippen LogP contribution is -2.27. The van der Waals surface area contributed by atoms with Gasteiger partial charge in [-0.2, -0.15) is 0 Å². The quantitative estimate of drug-likeness (QED) is 0.707. The fourth-order valence-corrected chi connectivity index (χ4v) is 1.60. The van der Waals surface area contributed by atoms with Gasteiger partial charge in [-0.05, 0) is 18.2 Å². The average molecular weight is 204 g/mol. The molecule has 15 heavy (non-hydrogen) atoms. The molecule has 1 aliphatic rings. The Labute approximate surface area is 86.7 Å². The zero-order valence-corrected chi connectivity index (χ0v) is 7.88. The molecule has 1 aromatic carbocycles. The third-order valence-electron chi connectivity index (χ3n) is 2.25. The van der Waals surface area contributed by atoms with Gasteiger partial charge in [-0.3, -0.25) is 10.1 Å². The van der Waals surface area contributed by atoms with Crippen molar-refractivity contribution in [2.75, 3.05) is 11.9 Å². The number of benzene rings is 1. The highest BCUT2D eigenvalue weighted by Crippen LogP contribution is 2.30. The molecule has 1 aromatic rings. The predicted octanol–water partition coefficient (Wildman–Crippen LogP) is 1.04. The minimum atomic E-state index is -0.549. The molecule has 0 bridgehead atoms. The molecule has 1 heterocycles. The van der Waals surface area contributed by atoms with Crippen LogP contribution in [-0.2, 0) is 4.79 Å². The van der Waals surface area contributed by atoms with Gasteiger partial charge in [0.05, 0.1) is 6.54 Å². The molecule has 1 aliphatic heterocycles. The maximum atomic E-state index is 13.0. The van der Waals surface area contributed by atoms with Crippen LogP contribution in [0.15, 0.2) is 18.2 Å². The first-order valence-corrected chi connectivity index (χ1v) is 4.49. The molecule has 2 N–H and O–H groups in total. The minimum Gasteiger partial charge on any atom is -0.324 e. The van der Waals surface area contributed by atoms with Crippen molar-refractivity contribution in [3.8, 4) is 12.3 Å². The highest BCUT2D eigenvalue weighted by Gasteiger charge is 2.29. The number of hydrogen-bond acceptors (Lipinski definition) is 2. The molecule has 2 rings (SSSR count). The van der Waals surface area contributed by atoms with Gasteiger partial charge in [-0.15, -0.1) is 6.42 Å². The van der Waals surface area contributed by atoms with Crippen LogP contribution in [0.1, 0.15) is 11.6 Å². The van der Waals surface area contributed by atoms with Crippen LogP contribution in [0.3, 0.4) is 0 Å². The maximum absolute atomic E-state index is 13.0. The first-order valence-electron chi connectivity index (χ1n) is 4.49. The number of anilines is 1. The van der Waals surface area contributed by atoms with E-state index in [4.69, 9.17) is 6.42 Å². The van der Waals surface area contributed by atoms with Crippen LogP contribution in [0.5, 0.6) is 0 Å². The summed E-state index contributed by atoms with van der Waals surface area (Å²) in [6.07, 6.45) is 5.08. The molecule has 0 fully saturated rings. The highest BCUT2D eigenvalue weighted by atomic mass is 19.1. The summed E-state index contributed by atoms with van der Waals surface area (Å²) in [7, 11) is 0. The number of halogens is 1. The van der Waals surface area contributed by atoms with Gasteiger partial charge in [-0.1, -0.05) is 5.92 Å². The Kier molecular flexibility index (Phi) is 2.40. The average Bonchev–Trinajstić information content (AvgIpc) is 2.51. The molecule has 1 atom stereocenters. The van der Waals surface area contributed by atoms with Crippen LogP contribution in [0.2, 0.25) is 0 Å². The van der Waals surface area contributed by atoms with E-state index in [9.17, 15) is 9.18 Å². The number of fused-ring (bicyclic) bond motifs is 1. The van der Waals surface area contributed by atoms with E-state index in [0.29, 0.717) is 11.3 Å². The van der Waals surface area contributed by atoms with Crippen LogP contribution < -0.4 is 10.6 Å². The topological polar surface area (TPSA) is 41.1 Å². The van der Waals surface area contributed by atoms with Crippen molar-refractivity contribution < 1.29 is 9.18 Å². The number of nitrogens with one attached hydrogen (secondary N) is 2. The monoisotopic (exact) mass is 204 g/mol. The van der Waals surface area contributed by atoms with Crippen LogP contribution in [0.25, 0.3) is 0 Å². The van der Waals surface area contributed by atoms with Gasteiger partial charge in [0, 0.05) is 11.3 Å². The molecule has 1 unspecified atom stereocenters. The van der Waals surface area contributed by atoms with E-state index in [1.54, 1.807) is 6.07 Å². The maximum Gasteiger partial charge on any atom is 0.246 e. The zero-order valence-electron chi connectivity index (χ0n) is 7.88. The van der Waals surface area contributed by atoms with E-state index in [0.717, 1.165) is 0 Å². The summed E-state index contributed by atoms with van der Waals surface area (Å²) in [5.74, 6) is 1.81. The molecular weight excluding hydrogens is 195 g/mol. The molecule has 0 spiro atoms. The van der Waals surface area contributed by atoms with Crippen molar-refractivity contribution in [1.82, 2.24) is 5.32 Å². The lowest BCUT2D eigenvalue weighted by molar-refractivity contribution is -0.117. The molecule has 76 valence electrons. The summed E-state index contributed by atoms with van der Waals surface area (Å²) in [6, 6.07) is 3.64. The molecule has 3 nitrogen and oxygen atoms in total. The smallest absolute Gasteiger partial charge is 0.246 e. The Hall–Kier alpha value is -1.86. The molecule has 0 saturated carbocycles. The van der Waals surface area contributed by atoms with Crippen molar-refractivity contribution in [2.24, 2.45) is 0 Å². The van der Waals surface area contributed by atoms with Gasteiger partial charge < -0.3 is 5.32 Å².